The van der Waals surface area contributed by atoms with E-state index in [0.29, 0.717) is 0 Å². The molecule has 1 rings (SSSR count). The van der Waals surface area contributed by atoms with Crippen LogP contribution in [0.1, 0.15) is 33.0 Å². The lowest BCUT2D eigenvalue weighted by molar-refractivity contribution is 0.352. The first-order valence-electron chi connectivity index (χ1n) is 4.41. The van der Waals surface area contributed by atoms with Crippen molar-refractivity contribution < 1.29 is 4.42 Å². The maximum atomic E-state index is 5.21. The summed E-state index contributed by atoms with van der Waals surface area (Å²) in [6, 6.07) is 3.90. The average molecular weight is 204 g/mol. The van der Waals surface area contributed by atoms with Crippen LogP contribution in [0.25, 0.3) is 0 Å². The molecule has 0 aliphatic rings. The molecule has 2 nitrogen and oxygen atoms in total. The summed E-state index contributed by atoms with van der Waals surface area (Å²) in [5.74, 6) is 0.997. The minimum absolute atomic E-state index is 0. The summed E-state index contributed by atoms with van der Waals surface area (Å²) in [4.78, 5) is 0. The van der Waals surface area contributed by atoms with Gasteiger partial charge in [0.2, 0.25) is 0 Å². The van der Waals surface area contributed by atoms with Crippen LogP contribution in [0.3, 0.4) is 0 Å². The minimum atomic E-state index is 0. The van der Waals surface area contributed by atoms with Gasteiger partial charge in [-0.15, -0.1) is 12.4 Å². The van der Waals surface area contributed by atoms with Crippen LogP contribution >= 0.6 is 12.4 Å². The quantitative estimate of drug-likeness (QED) is 0.814. The van der Waals surface area contributed by atoms with Crippen molar-refractivity contribution in [3.63, 3.8) is 0 Å². The molecule has 0 saturated carbocycles. The second-order valence-electron chi connectivity index (χ2n) is 3.67. The number of nitrogens with one attached hydrogen (secondary N) is 1. The Morgan fingerprint density at radius 2 is 2.15 bits per heavy atom. The van der Waals surface area contributed by atoms with E-state index in [1.165, 1.54) is 0 Å². The summed E-state index contributed by atoms with van der Waals surface area (Å²) in [5.41, 5.74) is 0.201. The van der Waals surface area contributed by atoms with Crippen molar-refractivity contribution in [1.29, 1.82) is 0 Å². The van der Waals surface area contributed by atoms with E-state index in [-0.39, 0.29) is 17.9 Å². The first kappa shape index (κ1) is 12.5. The van der Waals surface area contributed by atoms with Gasteiger partial charge in [-0.1, -0.05) is 6.92 Å². The molecule has 13 heavy (non-hydrogen) atoms. The third-order valence-corrected chi connectivity index (χ3v) is 2.21. The van der Waals surface area contributed by atoms with Crippen molar-refractivity contribution in [3.8, 4) is 0 Å². The van der Waals surface area contributed by atoms with Crippen molar-refractivity contribution in [1.82, 2.24) is 5.32 Å². The predicted octanol–water partition coefficient (Wildman–Crippen LogP) is 2.98. The van der Waals surface area contributed by atoms with E-state index in [4.69, 9.17) is 4.42 Å². The second kappa shape index (κ2) is 5.30. The molecular formula is C10H18ClNO. The molecule has 0 unspecified atom stereocenters. The molecule has 1 heterocycles. The van der Waals surface area contributed by atoms with Gasteiger partial charge in [-0.2, -0.15) is 0 Å². The van der Waals surface area contributed by atoms with Crippen LogP contribution in [0.4, 0.5) is 0 Å². The number of hydrogen-bond donors (Lipinski definition) is 1. The van der Waals surface area contributed by atoms with Gasteiger partial charge in [-0.25, -0.2) is 0 Å². The van der Waals surface area contributed by atoms with Gasteiger partial charge in [0.05, 0.1) is 12.8 Å². The van der Waals surface area contributed by atoms with Crippen LogP contribution in [0.15, 0.2) is 22.8 Å². The Bertz CT molecular complexity index is 219. The average Bonchev–Trinajstić information content (AvgIpc) is 2.53. The summed E-state index contributed by atoms with van der Waals surface area (Å²) < 4.78 is 5.21. The lowest BCUT2D eigenvalue weighted by Gasteiger charge is -2.23. The van der Waals surface area contributed by atoms with Gasteiger partial charge >= 0.3 is 0 Å². The van der Waals surface area contributed by atoms with Gasteiger partial charge in [0.1, 0.15) is 5.76 Å². The topological polar surface area (TPSA) is 25.2 Å². The highest BCUT2D eigenvalue weighted by Gasteiger charge is 2.13. The molecule has 3 heteroatoms. The van der Waals surface area contributed by atoms with E-state index in [0.717, 1.165) is 18.7 Å². The van der Waals surface area contributed by atoms with Crippen LogP contribution in [0.5, 0.6) is 0 Å². The zero-order valence-corrected chi connectivity index (χ0v) is 9.28. The van der Waals surface area contributed by atoms with E-state index in [9.17, 15) is 0 Å². The molecule has 1 aromatic heterocycles. The zero-order valence-electron chi connectivity index (χ0n) is 8.46. The third kappa shape index (κ3) is 4.34. The van der Waals surface area contributed by atoms with Gasteiger partial charge in [0.25, 0.3) is 0 Å². The fourth-order valence-corrected chi connectivity index (χ4v) is 0.865. The maximum absolute atomic E-state index is 5.21. The minimum Gasteiger partial charge on any atom is -0.468 e. The van der Waals surface area contributed by atoms with Gasteiger partial charge in [0, 0.05) is 5.54 Å². The molecule has 0 bridgehead atoms. The predicted molar refractivity (Wildman–Crippen MR) is 57.2 cm³/mol. The van der Waals surface area contributed by atoms with Gasteiger partial charge < -0.3 is 9.73 Å². The molecule has 76 valence electrons. The Balaban J connectivity index is 0.00000144. The van der Waals surface area contributed by atoms with Gasteiger partial charge in [-0.05, 0) is 32.4 Å². The standard InChI is InChI=1S/C10H17NO.ClH/c1-4-10(2,3)11-8-9-6-5-7-12-9;/h5-7,11H,4,8H2,1-3H3;1H. The number of furan rings is 1. The molecule has 0 aromatic carbocycles. The van der Waals surface area contributed by atoms with E-state index >= 15 is 0 Å². The van der Waals surface area contributed by atoms with E-state index < -0.39 is 0 Å². The van der Waals surface area contributed by atoms with Crippen LogP contribution in [0, 0.1) is 0 Å². The Kier molecular flexibility index (Phi) is 5.11. The van der Waals surface area contributed by atoms with Crippen LogP contribution in [-0.2, 0) is 6.54 Å². The van der Waals surface area contributed by atoms with E-state index in [1.54, 1.807) is 6.26 Å². The van der Waals surface area contributed by atoms with Crippen molar-refractivity contribution in [2.45, 2.75) is 39.3 Å². The number of hydrogen-bond acceptors (Lipinski definition) is 2. The van der Waals surface area contributed by atoms with Crippen molar-refractivity contribution >= 4 is 12.4 Å². The van der Waals surface area contributed by atoms with Gasteiger partial charge in [0.15, 0.2) is 0 Å². The lowest BCUT2D eigenvalue weighted by Crippen LogP contribution is -2.37. The second-order valence-corrected chi connectivity index (χ2v) is 3.67. The summed E-state index contributed by atoms with van der Waals surface area (Å²) in [7, 11) is 0. The van der Waals surface area contributed by atoms with Gasteiger partial charge in [-0.3, -0.25) is 0 Å². The molecule has 0 saturated heterocycles. The summed E-state index contributed by atoms with van der Waals surface area (Å²) in [5, 5.41) is 3.42. The van der Waals surface area contributed by atoms with E-state index in [1.807, 2.05) is 12.1 Å². The molecule has 0 spiro atoms. The number of rotatable bonds is 4. The third-order valence-electron chi connectivity index (χ3n) is 2.21. The summed E-state index contributed by atoms with van der Waals surface area (Å²) in [6.45, 7) is 7.37. The fourth-order valence-electron chi connectivity index (χ4n) is 0.865. The molecule has 0 fully saturated rings. The Morgan fingerprint density at radius 1 is 1.46 bits per heavy atom. The van der Waals surface area contributed by atoms with Crippen LogP contribution in [0.2, 0.25) is 0 Å². The van der Waals surface area contributed by atoms with E-state index in [2.05, 4.69) is 26.1 Å². The molecule has 0 aliphatic heterocycles. The highest BCUT2D eigenvalue weighted by atomic mass is 35.5. The van der Waals surface area contributed by atoms with Crippen LogP contribution < -0.4 is 5.32 Å². The SMILES string of the molecule is CCC(C)(C)NCc1ccco1.Cl. The number of halogens is 1. The molecule has 0 aliphatic carbocycles. The maximum Gasteiger partial charge on any atom is 0.117 e. The highest BCUT2D eigenvalue weighted by molar-refractivity contribution is 5.85. The van der Waals surface area contributed by atoms with Crippen molar-refractivity contribution in [2.75, 3.05) is 0 Å². The Hall–Kier alpha value is -0.470. The molecule has 0 amide bonds. The monoisotopic (exact) mass is 203 g/mol. The summed E-state index contributed by atoms with van der Waals surface area (Å²) >= 11 is 0. The zero-order chi connectivity index (χ0) is 9.03. The first-order valence-corrected chi connectivity index (χ1v) is 4.41. The normalized spacial score (nSPS) is 11.0. The largest absolute Gasteiger partial charge is 0.468 e. The Labute approximate surface area is 86.1 Å². The smallest absolute Gasteiger partial charge is 0.117 e. The molecule has 1 N–H and O–H groups in total. The molecule has 1 aromatic rings. The Morgan fingerprint density at radius 3 is 2.62 bits per heavy atom. The molecular weight excluding hydrogens is 186 g/mol. The lowest BCUT2D eigenvalue weighted by atomic mass is 10.0. The summed E-state index contributed by atoms with van der Waals surface area (Å²) in [6.07, 6.45) is 2.82. The molecule has 0 radical (unpaired) electrons. The fraction of sp³-hybridized carbons (Fsp3) is 0.600. The first-order chi connectivity index (χ1) is 5.64. The van der Waals surface area contributed by atoms with Crippen molar-refractivity contribution in [3.05, 3.63) is 24.2 Å². The highest BCUT2D eigenvalue weighted by Crippen LogP contribution is 2.09. The van der Waals surface area contributed by atoms with Crippen molar-refractivity contribution in [2.24, 2.45) is 0 Å². The molecule has 0 atom stereocenters. The van der Waals surface area contributed by atoms with Crippen LogP contribution in [-0.4, -0.2) is 5.54 Å².